The highest BCUT2D eigenvalue weighted by Crippen LogP contribution is 2.19. The SMILES string of the molecule is CC[C@H](C)[C@H](NCc1ccc(C#N)cc1Br)C(N)=O. The van der Waals surface area contributed by atoms with E-state index in [1.54, 1.807) is 12.1 Å². The van der Waals surface area contributed by atoms with Crippen LogP contribution in [-0.4, -0.2) is 11.9 Å². The van der Waals surface area contributed by atoms with Crippen LogP contribution < -0.4 is 11.1 Å². The molecule has 19 heavy (non-hydrogen) atoms. The average molecular weight is 324 g/mol. The summed E-state index contributed by atoms with van der Waals surface area (Å²) in [6.45, 7) is 4.56. The molecule has 0 unspecified atom stereocenters. The van der Waals surface area contributed by atoms with Crippen molar-refractivity contribution in [3.63, 3.8) is 0 Å². The molecule has 1 aromatic rings. The zero-order valence-corrected chi connectivity index (χ0v) is 12.7. The van der Waals surface area contributed by atoms with Crippen LogP contribution in [0.3, 0.4) is 0 Å². The monoisotopic (exact) mass is 323 g/mol. The van der Waals surface area contributed by atoms with Gasteiger partial charge in [0.1, 0.15) is 0 Å². The molecule has 0 saturated carbocycles. The van der Waals surface area contributed by atoms with Gasteiger partial charge in [0.15, 0.2) is 0 Å². The number of carbonyl (C=O) groups is 1. The summed E-state index contributed by atoms with van der Waals surface area (Å²) in [5.41, 5.74) is 7.00. The number of amides is 1. The molecule has 4 nitrogen and oxygen atoms in total. The van der Waals surface area contributed by atoms with Crippen LogP contribution in [-0.2, 0) is 11.3 Å². The van der Waals surface area contributed by atoms with Gasteiger partial charge in [-0.05, 0) is 23.6 Å². The molecule has 5 heteroatoms. The number of halogens is 1. The van der Waals surface area contributed by atoms with Crippen LogP contribution in [0.5, 0.6) is 0 Å². The Labute approximate surface area is 122 Å². The summed E-state index contributed by atoms with van der Waals surface area (Å²) in [5.74, 6) is -0.145. The first-order valence-corrected chi connectivity index (χ1v) is 7.00. The number of hydrogen-bond acceptors (Lipinski definition) is 3. The fourth-order valence-electron chi connectivity index (χ4n) is 1.80. The number of nitrogens with two attached hydrogens (primary N) is 1. The summed E-state index contributed by atoms with van der Waals surface area (Å²) in [6.07, 6.45) is 0.884. The van der Waals surface area contributed by atoms with E-state index in [4.69, 9.17) is 11.0 Å². The van der Waals surface area contributed by atoms with Gasteiger partial charge in [0.25, 0.3) is 0 Å². The molecular formula is C14H18BrN3O. The molecule has 0 saturated heterocycles. The molecule has 0 aliphatic heterocycles. The molecule has 0 aliphatic carbocycles. The predicted molar refractivity (Wildman–Crippen MR) is 78.1 cm³/mol. The van der Waals surface area contributed by atoms with Crippen molar-refractivity contribution < 1.29 is 4.79 Å². The largest absolute Gasteiger partial charge is 0.368 e. The minimum Gasteiger partial charge on any atom is -0.368 e. The van der Waals surface area contributed by atoms with E-state index in [0.717, 1.165) is 16.5 Å². The first-order chi connectivity index (χ1) is 8.99. The minimum atomic E-state index is -0.340. The van der Waals surface area contributed by atoms with Crippen LogP contribution >= 0.6 is 15.9 Å². The lowest BCUT2D eigenvalue weighted by Crippen LogP contribution is -2.45. The van der Waals surface area contributed by atoms with Crippen LogP contribution in [0, 0.1) is 17.2 Å². The Morgan fingerprint density at radius 2 is 2.26 bits per heavy atom. The van der Waals surface area contributed by atoms with Crippen molar-refractivity contribution in [3.8, 4) is 6.07 Å². The molecular weight excluding hydrogens is 306 g/mol. The Balaban J connectivity index is 2.75. The second kappa shape index (κ2) is 7.27. The molecule has 0 bridgehead atoms. The maximum absolute atomic E-state index is 11.4. The number of nitrogens with one attached hydrogen (secondary N) is 1. The van der Waals surface area contributed by atoms with E-state index in [0.29, 0.717) is 12.1 Å². The lowest BCUT2D eigenvalue weighted by molar-refractivity contribution is -0.121. The zero-order valence-electron chi connectivity index (χ0n) is 11.1. The van der Waals surface area contributed by atoms with Gasteiger partial charge < -0.3 is 11.1 Å². The first kappa shape index (κ1) is 15.7. The van der Waals surface area contributed by atoms with Crippen LogP contribution in [0.2, 0.25) is 0 Å². The van der Waals surface area contributed by atoms with Crippen molar-refractivity contribution >= 4 is 21.8 Å². The quantitative estimate of drug-likeness (QED) is 0.843. The number of carbonyl (C=O) groups excluding carboxylic acids is 1. The maximum Gasteiger partial charge on any atom is 0.234 e. The van der Waals surface area contributed by atoms with Crippen molar-refractivity contribution in [1.82, 2.24) is 5.32 Å². The third-order valence-corrected chi connectivity index (χ3v) is 3.95. The summed E-state index contributed by atoms with van der Waals surface area (Å²) in [4.78, 5) is 11.4. The molecule has 2 atom stereocenters. The van der Waals surface area contributed by atoms with E-state index < -0.39 is 0 Å². The molecule has 0 radical (unpaired) electrons. The van der Waals surface area contributed by atoms with Gasteiger partial charge in [0.05, 0.1) is 17.7 Å². The first-order valence-electron chi connectivity index (χ1n) is 6.20. The summed E-state index contributed by atoms with van der Waals surface area (Å²) < 4.78 is 0.853. The van der Waals surface area contributed by atoms with Crippen molar-refractivity contribution in [2.75, 3.05) is 0 Å². The van der Waals surface area contributed by atoms with E-state index in [1.807, 2.05) is 19.9 Å². The van der Waals surface area contributed by atoms with Gasteiger partial charge in [-0.3, -0.25) is 4.79 Å². The predicted octanol–water partition coefficient (Wildman–Crippen LogP) is 2.31. The summed E-state index contributed by atoms with van der Waals surface area (Å²) in [5, 5.41) is 12.0. The van der Waals surface area contributed by atoms with E-state index in [9.17, 15) is 4.79 Å². The maximum atomic E-state index is 11.4. The number of rotatable bonds is 6. The Morgan fingerprint density at radius 3 is 2.74 bits per heavy atom. The normalized spacial score (nSPS) is 13.6. The summed E-state index contributed by atoms with van der Waals surface area (Å²) in [6, 6.07) is 7.12. The second-order valence-electron chi connectivity index (χ2n) is 4.56. The topological polar surface area (TPSA) is 78.9 Å². The third-order valence-electron chi connectivity index (χ3n) is 3.21. The van der Waals surface area contributed by atoms with E-state index in [2.05, 4.69) is 27.3 Å². The van der Waals surface area contributed by atoms with Gasteiger partial charge in [0.2, 0.25) is 5.91 Å². The smallest absolute Gasteiger partial charge is 0.234 e. The van der Waals surface area contributed by atoms with Crippen LogP contribution in [0.4, 0.5) is 0 Å². The molecule has 0 aromatic heterocycles. The van der Waals surface area contributed by atoms with E-state index in [1.165, 1.54) is 0 Å². The molecule has 1 amide bonds. The van der Waals surface area contributed by atoms with Crippen molar-refractivity contribution in [1.29, 1.82) is 5.26 Å². The fraction of sp³-hybridized carbons (Fsp3) is 0.429. The Bertz CT molecular complexity index is 496. The fourth-order valence-corrected chi connectivity index (χ4v) is 2.32. The van der Waals surface area contributed by atoms with Gasteiger partial charge in [-0.1, -0.05) is 42.3 Å². The van der Waals surface area contributed by atoms with Crippen molar-refractivity contribution in [2.24, 2.45) is 11.7 Å². The van der Waals surface area contributed by atoms with Crippen molar-refractivity contribution in [3.05, 3.63) is 33.8 Å². The van der Waals surface area contributed by atoms with E-state index in [-0.39, 0.29) is 17.9 Å². The average Bonchev–Trinajstić information content (AvgIpc) is 2.39. The standard InChI is InChI=1S/C14H18BrN3O/c1-3-9(2)13(14(17)19)18-8-11-5-4-10(7-16)6-12(11)15/h4-6,9,13,18H,3,8H2,1-2H3,(H2,17,19)/t9-,13-/m0/s1. The molecule has 1 rings (SSSR count). The molecule has 0 fully saturated rings. The summed E-state index contributed by atoms with van der Waals surface area (Å²) >= 11 is 3.42. The number of hydrogen-bond donors (Lipinski definition) is 2. The van der Waals surface area contributed by atoms with Gasteiger partial charge in [-0.15, -0.1) is 0 Å². The summed E-state index contributed by atoms with van der Waals surface area (Å²) in [7, 11) is 0. The lowest BCUT2D eigenvalue weighted by Gasteiger charge is -2.21. The highest BCUT2D eigenvalue weighted by atomic mass is 79.9. The second-order valence-corrected chi connectivity index (χ2v) is 5.42. The molecule has 102 valence electrons. The van der Waals surface area contributed by atoms with Gasteiger partial charge in [0, 0.05) is 11.0 Å². The van der Waals surface area contributed by atoms with Crippen LogP contribution in [0.1, 0.15) is 31.4 Å². The number of nitriles is 1. The lowest BCUT2D eigenvalue weighted by atomic mass is 9.98. The van der Waals surface area contributed by atoms with Crippen LogP contribution in [0.15, 0.2) is 22.7 Å². The van der Waals surface area contributed by atoms with Crippen LogP contribution in [0.25, 0.3) is 0 Å². The van der Waals surface area contributed by atoms with Gasteiger partial charge in [-0.25, -0.2) is 0 Å². The highest BCUT2D eigenvalue weighted by Gasteiger charge is 2.20. The number of nitrogens with zero attached hydrogens (tertiary/aromatic N) is 1. The van der Waals surface area contributed by atoms with E-state index >= 15 is 0 Å². The highest BCUT2D eigenvalue weighted by molar-refractivity contribution is 9.10. The third kappa shape index (κ3) is 4.34. The number of benzene rings is 1. The number of primary amides is 1. The molecule has 0 spiro atoms. The Kier molecular flexibility index (Phi) is 6.00. The van der Waals surface area contributed by atoms with Gasteiger partial charge >= 0.3 is 0 Å². The molecule has 1 aromatic carbocycles. The Hall–Kier alpha value is -1.38. The van der Waals surface area contributed by atoms with Gasteiger partial charge in [-0.2, -0.15) is 5.26 Å². The van der Waals surface area contributed by atoms with Crippen molar-refractivity contribution in [2.45, 2.75) is 32.9 Å². The minimum absolute atomic E-state index is 0.189. The Morgan fingerprint density at radius 1 is 1.58 bits per heavy atom. The molecule has 0 heterocycles. The zero-order chi connectivity index (χ0) is 14.4. The molecule has 0 aliphatic rings. The molecule has 3 N–H and O–H groups in total.